The van der Waals surface area contributed by atoms with Crippen molar-refractivity contribution in [1.82, 2.24) is 4.90 Å². The van der Waals surface area contributed by atoms with Gasteiger partial charge in [-0.2, -0.15) is 0 Å². The summed E-state index contributed by atoms with van der Waals surface area (Å²) < 4.78 is 5.19. The molecule has 136 valence electrons. The average Bonchev–Trinajstić information content (AvgIpc) is 2.55. The topological polar surface area (TPSA) is 55.6 Å². The third-order valence-corrected chi connectivity index (χ3v) is 4.65. The van der Waals surface area contributed by atoms with E-state index in [2.05, 4.69) is 26.0 Å². The summed E-state index contributed by atoms with van der Waals surface area (Å²) in [5, 5.41) is 0. The molecule has 1 saturated heterocycles. The van der Waals surface area contributed by atoms with Crippen LogP contribution in [-0.4, -0.2) is 37.0 Å². The number of piperidine rings is 1. The van der Waals surface area contributed by atoms with E-state index in [0.717, 1.165) is 44.5 Å². The van der Waals surface area contributed by atoms with Crippen LogP contribution in [0.15, 0.2) is 24.3 Å². The Kier molecular flexibility index (Phi) is 8.57. The van der Waals surface area contributed by atoms with Crippen LogP contribution in [0.5, 0.6) is 5.75 Å². The maximum absolute atomic E-state index is 12.4. The van der Waals surface area contributed by atoms with E-state index in [1.54, 1.807) is 7.11 Å². The van der Waals surface area contributed by atoms with Crippen LogP contribution < -0.4 is 10.5 Å². The molecule has 24 heavy (non-hydrogen) atoms. The van der Waals surface area contributed by atoms with E-state index in [1.165, 1.54) is 5.56 Å². The van der Waals surface area contributed by atoms with Gasteiger partial charge in [0.15, 0.2) is 0 Å². The maximum Gasteiger partial charge on any atom is 0.239 e. The van der Waals surface area contributed by atoms with Crippen molar-refractivity contribution in [3.05, 3.63) is 29.8 Å². The molecule has 1 atom stereocenters. The number of benzene rings is 1. The fourth-order valence-electron chi connectivity index (χ4n) is 3.30. The second kappa shape index (κ2) is 9.90. The van der Waals surface area contributed by atoms with Gasteiger partial charge in [0, 0.05) is 13.1 Å². The summed E-state index contributed by atoms with van der Waals surface area (Å²) in [5.41, 5.74) is 7.37. The Hall–Kier alpha value is -1.26. The number of amides is 1. The minimum absolute atomic E-state index is 0. The predicted molar refractivity (Wildman–Crippen MR) is 101 cm³/mol. The molecule has 0 bridgehead atoms. The highest BCUT2D eigenvalue weighted by molar-refractivity contribution is 5.85. The molecule has 1 aromatic carbocycles. The van der Waals surface area contributed by atoms with Crippen molar-refractivity contribution < 1.29 is 9.53 Å². The summed E-state index contributed by atoms with van der Waals surface area (Å²) in [7, 11) is 1.69. The fraction of sp³-hybridized carbons (Fsp3) is 0.632. The van der Waals surface area contributed by atoms with Crippen LogP contribution in [-0.2, 0) is 11.2 Å². The van der Waals surface area contributed by atoms with Crippen LogP contribution >= 0.6 is 12.4 Å². The van der Waals surface area contributed by atoms with Crippen molar-refractivity contribution in [3.63, 3.8) is 0 Å². The van der Waals surface area contributed by atoms with Crippen LogP contribution in [0.4, 0.5) is 0 Å². The minimum Gasteiger partial charge on any atom is -0.497 e. The van der Waals surface area contributed by atoms with Gasteiger partial charge in [0.1, 0.15) is 5.75 Å². The number of ether oxygens (including phenoxy) is 1. The summed E-state index contributed by atoms with van der Waals surface area (Å²) in [4.78, 5) is 14.3. The summed E-state index contributed by atoms with van der Waals surface area (Å²) in [6.45, 7) is 5.89. The van der Waals surface area contributed by atoms with E-state index in [0.29, 0.717) is 11.8 Å². The first-order valence-electron chi connectivity index (χ1n) is 8.67. The Balaban J connectivity index is 0.00000288. The van der Waals surface area contributed by atoms with Gasteiger partial charge >= 0.3 is 0 Å². The molecule has 1 heterocycles. The lowest BCUT2D eigenvalue weighted by Crippen LogP contribution is -2.47. The summed E-state index contributed by atoms with van der Waals surface area (Å²) in [6, 6.07) is 7.95. The van der Waals surface area contributed by atoms with E-state index in [-0.39, 0.29) is 24.4 Å². The van der Waals surface area contributed by atoms with Crippen molar-refractivity contribution in [2.24, 2.45) is 17.6 Å². The molecule has 0 aromatic heterocycles. The Morgan fingerprint density at radius 1 is 1.25 bits per heavy atom. The van der Waals surface area contributed by atoms with E-state index in [1.807, 2.05) is 17.0 Å². The molecule has 4 nitrogen and oxygen atoms in total. The van der Waals surface area contributed by atoms with Crippen molar-refractivity contribution >= 4 is 18.3 Å². The molecule has 0 aliphatic carbocycles. The molecular formula is C19H31ClN2O2. The number of methoxy groups -OCH3 is 1. The monoisotopic (exact) mass is 354 g/mol. The van der Waals surface area contributed by atoms with Gasteiger partial charge in [-0.25, -0.2) is 0 Å². The zero-order valence-electron chi connectivity index (χ0n) is 15.0. The second-order valence-electron chi connectivity index (χ2n) is 7.06. The largest absolute Gasteiger partial charge is 0.497 e. The van der Waals surface area contributed by atoms with E-state index in [9.17, 15) is 4.79 Å². The molecule has 0 radical (unpaired) electrons. The normalized spacial score (nSPS) is 16.6. The smallest absolute Gasteiger partial charge is 0.239 e. The fourth-order valence-corrected chi connectivity index (χ4v) is 3.30. The van der Waals surface area contributed by atoms with E-state index >= 15 is 0 Å². The molecular weight excluding hydrogens is 324 g/mol. The van der Waals surface area contributed by atoms with Crippen LogP contribution in [0.2, 0.25) is 0 Å². The van der Waals surface area contributed by atoms with Crippen molar-refractivity contribution in [2.45, 2.75) is 45.6 Å². The van der Waals surface area contributed by atoms with Crippen molar-refractivity contribution in [2.75, 3.05) is 20.2 Å². The number of rotatable bonds is 6. The minimum atomic E-state index is -0.340. The number of halogens is 1. The molecule has 1 aromatic rings. The molecule has 2 N–H and O–H groups in total. The highest BCUT2D eigenvalue weighted by Crippen LogP contribution is 2.23. The Bertz CT molecular complexity index is 497. The molecule has 0 spiro atoms. The van der Waals surface area contributed by atoms with Gasteiger partial charge in [0.25, 0.3) is 0 Å². The highest BCUT2D eigenvalue weighted by atomic mass is 35.5. The number of likely N-dealkylation sites (tertiary alicyclic amines) is 1. The van der Waals surface area contributed by atoms with Crippen LogP contribution in [0.1, 0.15) is 38.7 Å². The summed E-state index contributed by atoms with van der Waals surface area (Å²) >= 11 is 0. The number of hydrogen-bond acceptors (Lipinski definition) is 3. The summed E-state index contributed by atoms with van der Waals surface area (Å²) in [5.74, 6) is 2.13. The highest BCUT2D eigenvalue weighted by Gasteiger charge is 2.26. The van der Waals surface area contributed by atoms with Gasteiger partial charge in [-0.3, -0.25) is 4.79 Å². The van der Waals surface area contributed by atoms with Gasteiger partial charge in [0.2, 0.25) is 5.91 Å². The van der Waals surface area contributed by atoms with Crippen molar-refractivity contribution in [1.29, 1.82) is 0 Å². The number of hydrogen-bond donors (Lipinski definition) is 1. The number of nitrogens with two attached hydrogens (primary N) is 1. The number of carbonyl (C=O) groups excluding carboxylic acids is 1. The third-order valence-electron chi connectivity index (χ3n) is 4.65. The SMILES string of the molecule is COc1ccc(CC2CCN(C(=O)[C@@H](N)CC(C)C)CC2)cc1.Cl. The van der Waals surface area contributed by atoms with Crippen LogP contribution in [0.25, 0.3) is 0 Å². The third kappa shape index (κ3) is 5.99. The maximum atomic E-state index is 12.4. The van der Waals surface area contributed by atoms with Gasteiger partial charge in [-0.15, -0.1) is 12.4 Å². The van der Waals surface area contributed by atoms with Gasteiger partial charge < -0.3 is 15.4 Å². The van der Waals surface area contributed by atoms with Gasteiger partial charge in [-0.1, -0.05) is 26.0 Å². The summed E-state index contributed by atoms with van der Waals surface area (Å²) in [6.07, 6.45) is 3.97. The van der Waals surface area contributed by atoms with E-state index in [4.69, 9.17) is 10.5 Å². The van der Waals surface area contributed by atoms with Gasteiger partial charge in [0.05, 0.1) is 13.2 Å². The van der Waals surface area contributed by atoms with Crippen molar-refractivity contribution in [3.8, 4) is 5.75 Å². The molecule has 0 unspecified atom stereocenters. The number of carbonyl (C=O) groups is 1. The first-order valence-corrected chi connectivity index (χ1v) is 8.67. The lowest BCUT2D eigenvalue weighted by Gasteiger charge is -2.34. The van der Waals surface area contributed by atoms with Crippen LogP contribution in [0, 0.1) is 11.8 Å². The average molecular weight is 355 g/mol. The second-order valence-corrected chi connectivity index (χ2v) is 7.06. The molecule has 1 amide bonds. The Morgan fingerprint density at radius 2 is 1.83 bits per heavy atom. The van der Waals surface area contributed by atoms with E-state index < -0.39 is 0 Å². The molecule has 2 rings (SSSR count). The first-order chi connectivity index (χ1) is 11.0. The standard InChI is InChI=1S/C19H30N2O2.ClH/c1-14(2)12-18(20)19(22)21-10-8-16(9-11-21)13-15-4-6-17(23-3)7-5-15;/h4-7,14,16,18H,8-13,20H2,1-3H3;1H/t18-;/m0./s1. The zero-order valence-corrected chi connectivity index (χ0v) is 15.8. The first kappa shape index (κ1) is 20.8. The molecule has 0 saturated carbocycles. The lowest BCUT2D eigenvalue weighted by atomic mass is 9.89. The zero-order chi connectivity index (χ0) is 16.8. The number of nitrogens with zero attached hydrogens (tertiary/aromatic N) is 1. The quantitative estimate of drug-likeness (QED) is 0.853. The Morgan fingerprint density at radius 3 is 2.33 bits per heavy atom. The molecule has 5 heteroatoms. The molecule has 1 fully saturated rings. The van der Waals surface area contributed by atoms with Crippen LogP contribution in [0.3, 0.4) is 0 Å². The lowest BCUT2D eigenvalue weighted by molar-refractivity contribution is -0.134. The Labute approximate surface area is 152 Å². The molecule has 1 aliphatic heterocycles. The predicted octanol–water partition coefficient (Wildman–Crippen LogP) is 3.27. The van der Waals surface area contributed by atoms with Gasteiger partial charge in [-0.05, 0) is 55.2 Å². The molecule has 1 aliphatic rings.